The summed E-state index contributed by atoms with van der Waals surface area (Å²) in [5, 5.41) is 3.23. The van der Waals surface area contributed by atoms with E-state index >= 15 is 0 Å². The minimum atomic E-state index is 0.385. The highest BCUT2D eigenvalue weighted by Gasteiger charge is 2.14. The summed E-state index contributed by atoms with van der Waals surface area (Å²) in [7, 11) is 1.97. The lowest BCUT2D eigenvalue weighted by atomic mass is 9.99. The summed E-state index contributed by atoms with van der Waals surface area (Å²) in [5.41, 5.74) is 1.07. The number of aromatic nitrogens is 1. The van der Waals surface area contributed by atoms with Crippen LogP contribution in [-0.4, -0.2) is 24.7 Å². The van der Waals surface area contributed by atoms with E-state index in [1.54, 1.807) is 0 Å². The van der Waals surface area contributed by atoms with E-state index in [-0.39, 0.29) is 0 Å². The van der Waals surface area contributed by atoms with Crippen LogP contribution in [0.15, 0.2) is 18.2 Å². The van der Waals surface area contributed by atoms with Gasteiger partial charge in [-0.25, -0.2) is 4.98 Å². The van der Waals surface area contributed by atoms with Crippen LogP contribution in [0.1, 0.15) is 32.4 Å². The Kier molecular flexibility index (Phi) is 4.56. The lowest BCUT2D eigenvalue weighted by Crippen LogP contribution is -2.27. The maximum atomic E-state index is 5.38. The van der Waals surface area contributed by atoms with Crippen LogP contribution >= 0.6 is 0 Å². The normalized spacial score (nSPS) is 14.7. The van der Waals surface area contributed by atoms with Crippen LogP contribution in [0.2, 0.25) is 0 Å². The maximum Gasteiger partial charge on any atom is 0.213 e. The van der Waals surface area contributed by atoms with Gasteiger partial charge in [-0.15, -0.1) is 0 Å². The molecule has 1 N–H and O–H groups in total. The van der Waals surface area contributed by atoms with Crippen molar-refractivity contribution in [2.75, 3.05) is 13.7 Å². The highest BCUT2D eigenvalue weighted by Crippen LogP contribution is 2.19. The summed E-state index contributed by atoms with van der Waals surface area (Å²) in [6.07, 6.45) is 0. The fraction of sp³-hybridized carbons (Fsp3) is 0.583. The van der Waals surface area contributed by atoms with Crippen molar-refractivity contribution in [3.8, 4) is 5.88 Å². The number of hydrogen-bond acceptors (Lipinski definition) is 3. The Morgan fingerprint density at radius 3 is 2.73 bits per heavy atom. The van der Waals surface area contributed by atoms with E-state index in [0.717, 1.165) is 5.69 Å². The molecule has 3 nitrogen and oxygen atoms in total. The third-order valence-electron chi connectivity index (χ3n) is 2.71. The first-order chi connectivity index (χ1) is 7.19. The van der Waals surface area contributed by atoms with Gasteiger partial charge in [0.05, 0.1) is 6.61 Å². The van der Waals surface area contributed by atoms with Gasteiger partial charge in [0.1, 0.15) is 0 Å². The zero-order valence-corrected chi connectivity index (χ0v) is 9.95. The number of nitrogens with zero attached hydrogens (tertiary/aromatic N) is 1. The molecule has 3 heteroatoms. The van der Waals surface area contributed by atoms with Crippen molar-refractivity contribution in [1.29, 1.82) is 0 Å². The van der Waals surface area contributed by atoms with Gasteiger partial charge in [0, 0.05) is 23.7 Å². The standard InChI is InChI=1S/C12H20N2O/c1-5-15-12-8-6-7-11(14-12)9(2)10(3)13-4/h6-10,13H,5H2,1-4H3. The molecule has 1 rings (SSSR count). The largest absolute Gasteiger partial charge is 0.478 e. The number of rotatable bonds is 5. The smallest absolute Gasteiger partial charge is 0.213 e. The van der Waals surface area contributed by atoms with Crippen LogP contribution < -0.4 is 10.1 Å². The van der Waals surface area contributed by atoms with Crippen molar-refractivity contribution in [1.82, 2.24) is 10.3 Å². The van der Waals surface area contributed by atoms with Crippen LogP contribution in [0.3, 0.4) is 0 Å². The van der Waals surface area contributed by atoms with E-state index in [4.69, 9.17) is 4.74 Å². The molecule has 0 saturated carbocycles. The molecule has 15 heavy (non-hydrogen) atoms. The van der Waals surface area contributed by atoms with Gasteiger partial charge < -0.3 is 10.1 Å². The summed E-state index contributed by atoms with van der Waals surface area (Å²) >= 11 is 0. The van der Waals surface area contributed by atoms with Crippen molar-refractivity contribution < 1.29 is 4.74 Å². The van der Waals surface area contributed by atoms with E-state index in [1.165, 1.54) is 0 Å². The first-order valence-electron chi connectivity index (χ1n) is 5.46. The first kappa shape index (κ1) is 12.0. The first-order valence-corrected chi connectivity index (χ1v) is 5.46. The number of nitrogens with one attached hydrogen (secondary N) is 1. The summed E-state index contributed by atoms with van der Waals surface area (Å²) in [6.45, 7) is 6.94. The Bertz CT molecular complexity index is 301. The van der Waals surface area contributed by atoms with Gasteiger partial charge in [-0.05, 0) is 27.0 Å². The molecule has 1 aromatic heterocycles. The van der Waals surface area contributed by atoms with Crippen molar-refractivity contribution in [3.05, 3.63) is 23.9 Å². The SMILES string of the molecule is CCOc1cccc(C(C)C(C)NC)n1. The molecule has 0 aliphatic heterocycles. The second kappa shape index (κ2) is 5.71. The van der Waals surface area contributed by atoms with Crippen molar-refractivity contribution in [3.63, 3.8) is 0 Å². The molecule has 1 aromatic rings. The number of pyridine rings is 1. The Balaban J connectivity index is 2.80. The zero-order chi connectivity index (χ0) is 11.3. The Morgan fingerprint density at radius 2 is 2.13 bits per heavy atom. The topological polar surface area (TPSA) is 34.1 Å². The molecular formula is C12H20N2O. The van der Waals surface area contributed by atoms with Gasteiger partial charge in [-0.1, -0.05) is 13.0 Å². The Labute approximate surface area is 91.9 Å². The second-order valence-corrected chi connectivity index (χ2v) is 3.70. The Hall–Kier alpha value is -1.09. The predicted octanol–water partition coefficient (Wildman–Crippen LogP) is 2.19. The molecule has 0 radical (unpaired) electrons. The van der Waals surface area contributed by atoms with Gasteiger partial charge in [-0.3, -0.25) is 0 Å². The molecule has 0 fully saturated rings. The van der Waals surface area contributed by atoms with Crippen molar-refractivity contribution in [2.45, 2.75) is 32.7 Å². The summed E-state index contributed by atoms with van der Waals surface area (Å²) in [6, 6.07) is 6.34. The van der Waals surface area contributed by atoms with Crippen LogP contribution in [0, 0.1) is 0 Å². The quantitative estimate of drug-likeness (QED) is 0.805. The van der Waals surface area contributed by atoms with Gasteiger partial charge in [-0.2, -0.15) is 0 Å². The molecule has 0 spiro atoms. The van der Waals surface area contributed by atoms with Crippen LogP contribution in [0.25, 0.3) is 0 Å². The third-order valence-corrected chi connectivity index (χ3v) is 2.71. The lowest BCUT2D eigenvalue weighted by molar-refractivity contribution is 0.324. The zero-order valence-electron chi connectivity index (χ0n) is 9.95. The third kappa shape index (κ3) is 3.20. The van der Waals surface area contributed by atoms with Crippen molar-refractivity contribution >= 4 is 0 Å². The monoisotopic (exact) mass is 208 g/mol. The average Bonchev–Trinajstić information content (AvgIpc) is 2.28. The molecule has 0 bridgehead atoms. The number of ether oxygens (including phenoxy) is 1. The van der Waals surface area contributed by atoms with Crippen LogP contribution in [-0.2, 0) is 0 Å². The van der Waals surface area contributed by atoms with E-state index in [0.29, 0.717) is 24.4 Å². The number of hydrogen-bond donors (Lipinski definition) is 1. The molecule has 0 saturated heterocycles. The second-order valence-electron chi connectivity index (χ2n) is 3.70. The molecule has 0 aliphatic rings. The molecule has 84 valence electrons. The fourth-order valence-corrected chi connectivity index (χ4v) is 1.42. The predicted molar refractivity (Wildman–Crippen MR) is 62.3 cm³/mol. The molecule has 0 amide bonds. The highest BCUT2D eigenvalue weighted by molar-refractivity contribution is 5.19. The summed E-state index contributed by atoms with van der Waals surface area (Å²) in [4.78, 5) is 4.47. The minimum absolute atomic E-state index is 0.385. The molecule has 1 heterocycles. The highest BCUT2D eigenvalue weighted by atomic mass is 16.5. The van der Waals surface area contributed by atoms with Crippen LogP contribution in [0.5, 0.6) is 5.88 Å². The molecule has 2 unspecified atom stereocenters. The molecular weight excluding hydrogens is 188 g/mol. The molecule has 0 aliphatic carbocycles. The minimum Gasteiger partial charge on any atom is -0.478 e. The molecule has 2 atom stereocenters. The Morgan fingerprint density at radius 1 is 1.40 bits per heavy atom. The summed E-state index contributed by atoms with van der Waals surface area (Å²) in [5.74, 6) is 1.10. The molecule has 0 aromatic carbocycles. The van der Waals surface area contributed by atoms with Crippen molar-refractivity contribution in [2.24, 2.45) is 0 Å². The average molecular weight is 208 g/mol. The van der Waals surface area contributed by atoms with Gasteiger partial charge in [0.2, 0.25) is 5.88 Å². The lowest BCUT2D eigenvalue weighted by Gasteiger charge is -2.19. The maximum absolute atomic E-state index is 5.38. The fourth-order valence-electron chi connectivity index (χ4n) is 1.42. The summed E-state index contributed by atoms with van der Waals surface area (Å²) < 4.78 is 5.38. The van der Waals surface area contributed by atoms with E-state index in [1.807, 2.05) is 32.2 Å². The van der Waals surface area contributed by atoms with Crippen LogP contribution in [0.4, 0.5) is 0 Å². The van der Waals surface area contributed by atoms with E-state index < -0.39 is 0 Å². The van der Waals surface area contributed by atoms with Gasteiger partial charge in [0.25, 0.3) is 0 Å². The van der Waals surface area contributed by atoms with Gasteiger partial charge in [0.15, 0.2) is 0 Å². The van der Waals surface area contributed by atoms with E-state index in [2.05, 4.69) is 24.1 Å². The van der Waals surface area contributed by atoms with Gasteiger partial charge >= 0.3 is 0 Å². The van der Waals surface area contributed by atoms with E-state index in [9.17, 15) is 0 Å². The number of likely N-dealkylation sites (N-methyl/N-ethyl adjacent to an activating group) is 1.